The third kappa shape index (κ3) is 17.8. The lowest BCUT2D eigenvalue weighted by molar-refractivity contribution is -0.155. The van der Waals surface area contributed by atoms with Gasteiger partial charge in [-0.2, -0.15) is 0 Å². The fourth-order valence-corrected chi connectivity index (χ4v) is 10.2. The molecule has 1 aromatic rings. The number of amides is 6. The quantitative estimate of drug-likeness (QED) is 0.0314. The van der Waals surface area contributed by atoms with E-state index in [1.165, 1.54) is 4.90 Å². The number of benzene rings is 1. The summed E-state index contributed by atoms with van der Waals surface area (Å²) >= 11 is 0. The molecule has 77 heavy (non-hydrogen) atoms. The minimum absolute atomic E-state index is 0.0161. The van der Waals surface area contributed by atoms with Gasteiger partial charge in [-0.05, 0) is 36.3 Å². The molecular weight excluding hydrogens is 1010 g/mol. The summed E-state index contributed by atoms with van der Waals surface area (Å²) in [5.74, 6) is -6.78. The fourth-order valence-electron chi connectivity index (χ4n) is 10.2. The Bertz CT molecular complexity index is 2270. The second kappa shape index (κ2) is 28.9. The van der Waals surface area contributed by atoms with E-state index in [4.69, 9.17) is 9.47 Å². The number of carbonyl (C=O) groups excluding carboxylic acids is 7. The van der Waals surface area contributed by atoms with E-state index in [2.05, 4.69) is 26.6 Å². The second-order valence-electron chi connectivity index (χ2n) is 20.3. The molecule has 6 rings (SSSR count). The zero-order valence-electron chi connectivity index (χ0n) is 43.8. The molecule has 0 aliphatic carbocycles. The third-order valence-electron chi connectivity index (χ3n) is 14.6. The predicted octanol–water partition coefficient (Wildman–Crippen LogP) is -4.15. The number of carboxylic acid groups (broad SMARTS) is 3. The van der Waals surface area contributed by atoms with Gasteiger partial charge in [-0.25, -0.2) is 0 Å². The summed E-state index contributed by atoms with van der Waals surface area (Å²) in [5, 5.41) is 52.4. The first kappa shape index (κ1) is 59.9. The molecule has 0 bridgehead atoms. The molecule has 5 aliphatic rings. The minimum atomic E-state index is -1.52. The Labute approximate surface area is 446 Å². The Morgan fingerprint density at radius 1 is 0.753 bits per heavy atom. The van der Waals surface area contributed by atoms with Crippen molar-refractivity contribution < 1.29 is 77.8 Å². The molecule has 27 heteroatoms. The van der Waals surface area contributed by atoms with Crippen LogP contribution in [0.25, 0.3) is 0 Å². The average Bonchev–Trinajstić information content (AvgIpc) is 3.95. The van der Waals surface area contributed by atoms with Gasteiger partial charge in [0.2, 0.25) is 41.7 Å². The van der Waals surface area contributed by atoms with Crippen LogP contribution in [0.5, 0.6) is 0 Å². The molecule has 5 aliphatic heterocycles. The molecule has 3 saturated heterocycles. The van der Waals surface area contributed by atoms with Crippen LogP contribution in [-0.2, 0) is 70.3 Å². The number of anilines is 1. The topological polar surface area (TPSA) is 350 Å². The maximum atomic E-state index is 14.3. The number of aliphatic carboxylic acids is 3. The summed E-state index contributed by atoms with van der Waals surface area (Å²) in [6, 6.07) is 0.861. The Morgan fingerprint density at radius 3 is 1.96 bits per heavy atom. The number of para-hydroxylation sites is 1. The highest BCUT2D eigenvalue weighted by atomic mass is 16.6. The number of aliphatic hydroxyl groups is 1. The summed E-state index contributed by atoms with van der Waals surface area (Å²) in [7, 11) is 0. The van der Waals surface area contributed by atoms with Crippen LogP contribution >= 0.6 is 0 Å². The van der Waals surface area contributed by atoms with Crippen molar-refractivity contribution in [1.29, 1.82) is 0 Å². The van der Waals surface area contributed by atoms with Crippen LogP contribution in [0.2, 0.25) is 0 Å². The summed E-state index contributed by atoms with van der Waals surface area (Å²) in [6.45, 7) is 7.39. The molecule has 6 amide bonds. The lowest BCUT2D eigenvalue weighted by Crippen LogP contribution is -2.59. The SMILES string of the molecule is CC[C@H](C)[C@H](NC(=O)COCCNC[C@@H](CCC(=O)O)NC(=O)CN1CCN(C(=O)CN2CCN(CC(=O)O)CCN(CC(=O)O)CC2)CC1)C(=O)N[C@H]1CCc2cccc3c2N(C1=O)[C@H](C(=O)NC1CC(=O)OC1O)C3. The molecule has 3 fully saturated rings. The first-order valence-electron chi connectivity index (χ1n) is 26.4. The van der Waals surface area contributed by atoms with E-state index in [1.54, 1.807) is 21.6 Å². The average molecular weight is 1090 g/mol. The largest absolute Gasteiger partial charge is 0.481 e. The zero-order chi connectivity index (χ0) is 55.8. The number of esters is 1. The van der Waals surface area contributed by atoms with E-state index in [9.17, 15) is 68.4 Å². The monoisotopic (exact) mass is 1090 g/mol. The van der Waals surface area contributed by atoms with Crippen LogP contribution < -0.4 is 31.5 Å². The number of aryl methyl sites for hydroxylation is 1. The number of nitrogens with zero attached hydrogens (tertiary/aromatic N) is 6. The number of hydrogen-bond acceptors (Lipinski definition) is 18. The molecule has 9 N–H and O–H groups in total. The number of hydrogen-bond donors (Lipinski definition) is 9. The van der Waals surface area contributed by atoms with Gasteiger partial charge < -0.3 is 61.4 Å². The van der Waals surface area contributed by atoms with Crippen LogP contribution in [0.3, 0.4) is 0 Å². The minimum Gasteiger partial charge on any atom is -0.481 e. The Balaban J connectivity index is 0.915. The number of cyclic esters (lactones) is 1. The van der Waals surface area contributed by atoms with Crippen LogP contribution in [-0.4, -0.2) is 259 Å². The zero-order valence-corrected chi connectivity index (χ0v) is 43.8. The number of aliphatic hydroxyl groups excluding tert-OH is 1. The van der Waals surface area contributed by atoms with Gasteiger partial charge in [-0.1, -0.05) is 38.5 Å². The summed E-state index contributed by atoms with van der Waals surface area (Å²) in [5.41, 5.74) is 2.17. The van der Waals surface area contributed by atoms with Gasteiger partial charge in [0.1, 0.15) is 30.8 Å². The van der Waals surface area contributed by atoms with Crippen LogP contribution in [0.15, 0.2) is 18.2 Å². The van der Waals surface area contributed by atoms with Crippen molar-refractivity contribution in [3.05, 3.63) is 29.3 Å². The second-order valence-corrected chi connectivity index (χ2v) is 20.3. The van der Waals surface area contributed by atoms with Gasteiger partial charge in [0.25, 0.3) is 0 Å². The van der Waals surface area contributed by atoms with Gasteiger partial charge in [0, 0.05) is 97.4 Å². The molecule has 1 aromatic carbocycles. The standard InChI is InChI=1S/C50H75N11O16/c1-3-31(2)45(48(73)53-35-9-7-32-5-4-6-33-23-37(61(46(32)33)49(35)74)47(72)54-36-24-44(71)77-50(36)75)55-39(63)30-76-22-11-51-25-34(8-10-41(65)66)52-38(62)26-56-18-20-60(21-19-56)40(64)27-57-12-14-58(28-42(67)68)16-17-59(15-13-57)29-43(69)70/h4-6,31,34-37,45,50-51,75H,3,7-30H2,1-2H3,(H,52,62)(H,53,73)(H,54,72)(H,55,63)(H,65,66)(H,67,68)(H,69,70)/t31-,34+,35-,36?,37-,45-,50?/m0/s1. The fraction of sp³-hybridized carbons (Fsp3) is 0.680. The number of piperazine rings is 1. The van der Waals surface area contributed by atoms with Crippen molar-refractivity contribution in [3.8, 4) is 0 Å². The number of rotatable bonds is 26. The normalized spacial score (nSPS) is 22.7. The Hall–Kier alpha value is -6.36. The van der Waals surface area contributed by atoms with E-state index in [1.807, 2.05) is 34.9 Å². The van der Waals surface area contributed by atoms with Crippen LogP contribution in [0, 0.1) is 5.92 Å². The maximum Gasteiger partial charge on any atom is 0.317 e. The van der Waals surface area contributed by atoms with Crippen molar-refractivity contribution in [3.63, 3.8) is 0 Å². The van der Waals surface area contributed by atoms with Gasteiger partial charge in [0.05, 0.1) is 44.9 Å². The molecular formula is C50H75N11O16. The third-order valence-corrected chi connectivity index (χ3v) is 14.6. The van der Waals surface area contributed by atoms with Gasteiger partial charge in [-0.15, -0.1) is 0 Å². The number of nitrogens with one attached hydrogen (secondary N) is 5. The van der Waals surface area contributed by atoms with Gasteiger partial charge in [-0.3, -0.25) is 72.4 Å². The highest BCUT2D eigenvalue weighted by Gasteiger charge is 2.46. The summed E-state index contributed by atoms with van der Waals surface area (Å²) in [6.07, 6.45) is -0.504. The van der Waals surface area contributed by atoms with Gasteiger partial charge in [0.15, 0.2) is 0 Å². The number of ether oxygens (including phenoxy) is 2. The van der Waals surface area contributed by atoms with E-state index < -0.39 is 90.6 Å². The van der Waals surface area contributed by atoms with E-state index >= 15 is 0 Å². The summed E-state index contributed by atoms with van der Waals surface area (Å²) < 4.78 is 10.4. The Morgan fingerprint density at radius 2 is 1.36 bits per heavy atom. The molecule has 5 heterocycles. The molecule has 2 unspecified atom stereocenters. The van der Waals surface area contributed by atoms with Crippen LogP contribution in [0.4, 0.5) is 5.69 Å². The van der Waals surface area contributed by atoms with Crippen molar-refractivity contribution in [2.24, 2.45) is 5.92 Å². The first-order valence-corrected chi connectivity index (χ1v) is 26.4. The molecule has 0 saturated carbocycles. The molecule has 0 aromatic heterocycles. The molecule has 7 atom stereocenters. The first-order chi connectivity index (χ1) is 36.8. The smallest absolute Gasteiger partial charge is 0.317 e. The van der Waals surface area contributed by atoms with Crippen molar-refractivity contribution in [2.75, 3.05) is 123 Å². The lowest BCUT2D eigenvalue weighted by atomic mass is 9.97. The van der Waals surface area contributed by atoms with E-state index in [-0.39, 0.29) is 95.7 Å². The summed E-state index contributed by atoms with van der Waals surface area (Å²) in [4.78, 5) is 138. The Kier molecular flexibility index (Phi) is 22.4. The maximum absolute atomic E-state index is 14.3. The van der Waals surface area contributed by atoms with Crippen molar-refractivity contribution in [1.82, 2.24) is 51.1 Å². The molecule has 426 valence electrons. The van der Waals surface area contributed by atoms with Crippen LogP contribution in [0.1, 0.15) is 57.1 Å². The highest BCUT2D eigenvalue weighted by Crippen LogP contribution is 2.39. The van der Waals surface area contributed by atoms with Crippen molar-refractivity contribution >= 4 is 65.0 Å². The molecule has 0 radical (unpaired) electrons. The highest BCUT2D eigenvalue weighted by molar-refractivity contribution is 6.08. The number of carbonyl (C=O) groups is 10. The molecule has 27 nitrogen and oxygen atoms in total. The van der Waals surface area contributed by atoms with Gasteiger partial charge >= 0.3 is 23.9 Å². The van der Waals surface area contributed by atoms with Crippen molar-refractivity contribution in [2.45, 2.75) is 95.3 Å². The van der Waals surface area contributed by atoms with E-state index in [0.717, 1.165) is 11.1 Å². The molecule has 0 spiro atoms. The number of carboxylic acids is 3. The van der Waals surface area contributed by atoms with E-state index in [0.29, 0.717) is 84.0 Å². The predicted molar refractivity (Wildman–Crippen MR) is 272 cm³/mol. The lowest BCUT2D eigenvalue weighted by Gasteiger charge is -2.36.